The van der Waals surface area contributed by atoms with Crippen LogP contribution in [0, 0.1) is 11.7 Å². The molecule has 104 valence electrons. The van der Waals surface area contributed by atoms with Gasteiger partial charge in [-0.3, -0.25) is 4.90 Å². The monoisotopic (exact) mass is 280 g/mol. The lowest BCUT2D eigenvalue weighted by molar-refractivity contribution is 0.173. The Labute approximate surface area is 119 Å². The van der Waals surface area contributed by atoms with Crippen molar-refractivity contribution < 1.29 is 4.39 Å². The average molecular weight is 280 g/mol. The van der Waals surface area contributed by atoms with E-state index >= 15 is 0 Å². The van der Waals surface area contributed by atoms with Crippen LogP contribution in [0.1, 0.15) is 37.3 Å². The molecule has 0 unspecified atom stereocenters. The van der Waals surface area contributed by atoms with Crippen molar-refractivity contribution in [3.05, 3.63) is 35.1 Å². The van der Waals surface area contributed by atoms with Crippen LogP contribution in [-0.2, 0) is 6.54 Å². The van der Waals surface area contributed by atoms with Crippen molar-refractivity contribution in [3.8, 4) is 0 Å². The summed E-state index contributed by atoms with van der Waals surface area (Å²) in [6, 6.07) is 5.29. The minimum absolute atomic E-state index is 0.129. The number of nitrogens with zero attached hydrogens (tertiary/aromatic N) is 1. The second kappa shape index (κ2) is 6.44. The van der Waals surface area contributed by atoms with Gasteiger partial charge in [-0.05, 0) is 37.9 Å². The largest absolute Gasteiger partial charge is 0.389 e. The topological polar surface area (TPSA) is 29.3 Å². The number of rotatable bonds is 4. The molecule has 0 atom stereocenters. The van der Waals surface area contributed by atoms with Crippen molar-refractivity contribution in [2.45, 2.75) is 32.7 Å². The zero-order chi connectivity index (χ0) is 13.8. The van der Waals surface area contributed by atoms with Crippen LogP contribution >= 0.6 is 12.2 Å². The molecule has 0 aromatic heterocycles. The van der Waals surface area contributed by atoms with E-state index in [9.17, 15) is 4.39 Å². The molecule has 2 nitrogen and oxygen atoms in total. The normalized spacial score (nSPS) is 17.6. The van der Waals surface area contributed by atoms with Crippen molar-refractivity contribution in [1.82, 2.24) is 4.90 Å². The lowest BCUT2D eigenvalue weighted by atomic mass is 9.94. The van der Waals surface area contributed by atoms with Gasteiger partial charge in [0, 0.05) is 17.7 Å². The van der Waals surface area contributed by atoms with E-state index in [1.807, 2.05) is 12.1 Å². The van der Waals surface area contributed by atoms with Crippen LogP contribution in [0.15, 0.2) is 18.2 Å². The van der Waals surface area contributed by atoms with E-state index in [-0.39, 0.29) is 10.8 Å². The standard InChI is InChI=1S/C15H21FN2S/c1-2-11-6-8-18(9-7-11)10-12-4-3-5-13(14(12)16)15(17)19/h3-5,11H,2,6-10H2,1H3,(H2,17,19). The lowest BCUT2D eigenvalue weighted by Gasteiger charge is -2.31. The summed E-state index contributed by atoms with van der Waals surface area (Å²) >= 11 is 4.87. The van der Waals surface area contributed by atoms with Crippen molar-refractivity contribution in [3.63, 3.8) is 0 Å². The molecule has 1 aliphatic heterocycles. The summed E-state index contributed by atoms with van der Waals surface area (Å²) in [6.07, 6.45) is 3.68. The molecule has 4 heteroatoms. The van der Waals surface area contributed by atoms with E-state index in [1.54, 1.807) is 6.07 Å². The van der Waals surface area contributed by atoms with Crippen LogP contribution in [0.3, 0.4) is 0 Å². The molecule has 2 rings (SSSR count). The maximum absolute atomic E-state index is 14.2. The highest BCUT2D eigenvalue weighted by Gasteiger charge is 2.19. The minimum Gasteiger partial charge on any atom is -0.389 e. The van der Waals surface area contributed by atoms with Crippen molar-refractivity contribution in [1.29, 1.82) is 0 Å². The fourth-order valence-corrected chi connectivity index (χ4v) is 2.84. The molecule has 1 aromatic carbocycles. The summed E-state index contributed by atoms with van der Waals surface area (Å²) in [7, 11) is 0. The average Bonchev–Trinajstić information content (AvgIpc) is 2.41. The van der Waals surface area contributed by atoms with Gasteiger partial charge in [-0.1, -0.05) is 37.7 Å². The maximum atomic E-state index is 14.2. The molecular formula is C15H21FN2S. The fraction of sp³-hybridized carbons (Fsp3) is 0.533. The summed E-state index contributed by atoms with van der Waals surface area (Å²) in [5, 5.41) is 0. The molecule has 0 amide bonds. The molecule has 0 radical (unpaired) electrons. The van der Waals surface area contributed by atoms with E-state index in [0.29, 0.717) is 17.7 Å². The molecule has 1 saturated heterocycles. The van der Waals surface area contributed by atoms with E-state index in [0.717, 1.165) is 19.0 Å². The van der Waals surface area contributed by atoms with Crippen molar-refractivity contribution in [2.24, 2.45) is 11.7 Å². The van der Waals surface area contributed by atoms with Crippen LogP contribution in [0.25, 0.3) is 0 Å². The van der Waals surface area contributed by atoms with Gasteiger partial charge in [0.25, 0.3) is 0 Å². The predicted octanol–water partition coefficient (Wildman–Crippen LogP) is 3.08. The molecule has 2 N–H and O–H groups in total. The van der Waals surface area contributed by atoms with E-state index in [4.69, 9.17) is 18.0 Å². The van der Waals surface area contributed by atoms with Crippen LogP contribution in [-0.4, -0.2) is 23.0 Å². The fourth-order valence-electron chi connectivity index (χ4n) is 2.69. The number of thiocarbonyl (C=S) groups is 1. The van der Waals surface area contributed by atoms with Gasteiger partial charge < -0.3 is 5.73 Å². The Balaban J connectivity index is 2.04. The molecule has 0 spiro atoms. The van der Waals surface area contributed by atoms with E-state index in [1.165, 1.54) is 19.3 Å². The summed E-state index contributed by atoms with van der Waals surface area (Å²) in [5.41, 5.74) is 6.58. The number of likely N-dealkylation sites (tertiary alicyclic amines) is 1. The van der Waals surface area contributed by atoms with Crippen LogP contribution in [0.5, 0.6) is 0 Å². The van der Waals surface area contributed by atoms with Crippen molar-refractivity contribution in [2.75, 3.05) is 13.1 Å². The minimum atomic E-state index is -0.257. The van der Waals surface area contributed by atoms with Gasteiger partial charge in [0.2, 0.25) is 0 Å². The van der Waals surface area contributed by atoms with Crippen molar-refractivity contribution >= 4 is 17.2 Å². The lowest BCUT2D eigenvalue weighted by Crippen LogP contribution is -2.33. The number of halogens is 1. The quantitative estimate of drug-likeness (QED) is 0.859. The number of hydrogen-bond donors (Lipinski definition) is 1. The Kier molecular flexibility index (Phi) is 4.88. The van der Waals surface area contributed by atoms with Gasteiger partial charge in [-0.25, -0.2) is 4.39 Å². The highest BCUT2D eigenvalue weighted by molar-refractivity contribution is 7.80. The van der Waals surface area contributed by atoms with Gasteiger partial charge in [0.1, 0.15) is 10.8 Å². The SMILES string of the molecule is CCC1CCN(Cc2cccc(C(N)=S)c2F)CC1. The van der Waals surface area contributed by atoms with Gasteiger partial charge in [-0.2, -0.15) is 0 Å². The number of piperidine rings is 1. The first-order valence-electron chi connectivity index (χ1n) is 6.91. The second-order valence-electron chi connectivity index (χ2n) is 5.27. The molecular weight excluding hydrogens is 259 g/mol. The van der Waals surface area contributed by atoms with Crippen LogP contribution in [0.2, 0.25) is 0 Å². The van der Waals surface area contributed by atoms with Gasteiger partial charge >= 0.3 is 0 Å². The van der Waals surface area contributed by atoms with Crippen LogP contribution in [0.4, 0.5) is 4.39 Å². The summed E-state index contributed by atoms with van der Waals surface area (Å²) < 4.78 is 14.2. The van der Waals surface area contributed by atoms with Gasteiger partial charge in [0.15, 0.2) is 0 Å². The Bertz CT molecular complexity index is 453. The molecule has 1 aliphatic rings. The van der Waals surface area contributed by atoms with E-state index in [2.05, 4.69) is 11.8 Å². The highest BCUT2D eigenvalue weighted by atomic mass is 32.1. The van der Waals surface area contributed by atoms with Gasteiger partial charge in [0.05, 0.1) is 0 Å². The molecule has 1 fully saturated rings. The molecule has 0 aliphatic carbocycles. The number of nitrogens with two attached hydrogens (primary N) is 1. The Hall–Kier alpha value is -1.00. The summed E-state index contributed by atoms with van der Waals surface area (Å²) in [6.45, 7) is 4.99. The Morgan fingerprint density at radius 1 is 1.42 bits per heavy atom. The molecule has 0 bridgehead atoms. The molecule has 0 saturated carbocycles. The molecule has 1 heterocycles. The predicted molar refractivity (Wildman–Crippen MR) is 80.6 cm³/mol. The first-order valence-corrected chi connectivity index (χ1v) is 7.32. The number of hydrogen-bond acceptors (Lipinski definition) is 2. The molecule has 1 aromatic rings. The third-order valence-corrected chi connectivity index (χ3v) is 4.24. The third kappa shape index (κ3) is 3.51. The Morgan fingerprint density at radius 3 is 2.68 bits per heavy atom. The zero-order valence-corrected chi connectivity index (χ0v) is 12.2. The zero-order valence-electron chi connectivity index (χ0n) is 11.4. The van der Waals surface area contributed by atoms with E-state index < -0.39 is 0 Å². The first kappa shape index (κ1) is 14.4. The maximum Gasteiger partial charge on any atom is 0.137 e. The summed E-state index contributed by atoms with van der Waals surface area (Å²) in [5.74, 6) is 0.580. The number of benzene rings is 1. The summed E-state index contributed by atoms with van der Waals surface area (Å²) in [4.78, 5) is 2.44. The second-order valence-corrected chi connectivity index (χ2v) is 5.71. The highest BCUT2D eigenvalue weighted by Crippen LogP contribution is 2.22. The van der Waals surface area contributed by atoms with Gasteiger partial charge in [-0.15, -0.1) is 0 Å². The molecule has 19 heavy (non-hydrogen) atoms. The smallest absolute Gasteiger partial charge is 0.137 e. The Morgan fingerprint density at radius 2 is 2.11 bits per heavy atom. The van der Waals surface area contributed by atoms with Crippen LogP contribution < -0.4 is 5.73 Å². The third-order valence-electron chi connectivity index (χ3n) is 4.02. The first-order chi connectivity index (χ1) is 9.11.